The van der Waals surface area contributed by atoms with Crippen LogP contribution in [0, 0.1) is 0 Å². The average molecular weight is 247 g/mol. The van der Waals surface area contributed by atoms with Crippen LogP contribution in [0.15, 0.2) is 10.7 Å². The number of carbonyl (C=O) groups is 1. The van der Waals surface area contributed by atoms with Crippen LogP contribution >= 0.6 is 0 Å². The van der Waals surface area contributed by atoms with Gasteiger partial charge in [-0.05, 0) is 25.7 Å². The second kappa shape index (κ2) is 3.82. The molecule has 0 radical (unpaired) electrons. The molecule has 2 bridgehead atoms. The highest BCUT2D eigenvalue weighted by molar-refractivity contribution is 5.92. The Morgan fingerprint density at radius 3 is 2.67 bits per heavy atom. The molecule has 3 aliphatic rings. The maximum Gasteiger partial charge on any atom is 0.276 e. The van der Waals surface area contributed by atoms with E-state index < -0.39 is 0 Å². The fraction of sp³-hybridized carbons (Fsp3) is 0.692. The minimum absolute atomic E-state index is 0.0552. The summed E-state index contributed by atoms with van der Waals surface area (Å²) in [5.41, 5.74) is 0.496. The van der Waals surface area contributed by atoms with Gasteiger partial charge in [0.1, 0.15) is 6.26 Å². The average Bonchev–Trinajstić information content (AvgIpc) is 3.07. The zero-order chi connectivity index (χ0) is 12.1. The second-order valence-electron chi connectivity index (χ2n) is 5.60. The SMILES string of the molecule is O=C(c1coc(C2CC2)n1)N1C2CCC1CNC2. The van der Waals surface area contributed by atoms with Gasteiger partial charge in [0.05, 0.1) is 0 Å². The third-order valence-electron chi connectivity index (χ3n) is 4.28. The maximum absolute atomic E-state index is 12.5. The Morgan fingerprint density at radius 1 is 1.28 bits per heavy atom. The van der Waals surface area contributed by atoms with Crippen molar-refractivity contribution in [1.82, 2.24) is 15.2 Å². The standard InChI is InChI=1S/C13H17N3O2/c17-13(11-7-18-12(15-11)8-1-2-8)16-9-3-4-10(16)6-14-5-9/h7-10,14H,1-6H2. The van der Waals surface area contributed by atoms with Gasteiger partial charge in [-0.15, -0.1) is 0 Å². The molecule has 1 amide bonds. The summed E-state index contributed by atoms with van der Waals surface area (Å²) < 4.78 is 5.42. The highest BCUT2D eigenvalue weighted by Gasteiger charge is 2.41. The number of hydrogen-bond acceptors (Lipinski definition) is 4. The van der Waals surface area contributed by atoms with E-state index in [0.717, 1.165) is 44.7 Å². The first-order chi connectivity index (χ1) is 8.83. The fourth-order valence-corrected chi connectivity index (χ4v) is 3.15. The van der Waals surface area contributed by atoms with Gasteiger partial charge < -0.3 is 14.6 Å². The molecule has 3 heterocycles. The van der Waals surface area contributed by atoms with Crippen LogP contribution in [0.1, 0.15) is 48.0 Å². The van der Waals surface area contributed by atoms with Crippen LogP contribution in [-0.4, -0.2) is 41.0 Å². The number of rotatable bonds is 2. The zero-order valence-corrected chi connectivity index (χ0v) is 10.3. The maximum atomic E-state index is 12.5. The molecule has 1 N–H and O–H groups in total. The van der Waals surface area contributed by atoms with Crippen molar-refractivity contribution in [2.75, 3.05) is 13.1 Å². The summed E-state index contributed by atoms with van der Waals surface area (Å²) in [6.45, 7) is 1.82. The molecule has 0 aromatic carbocycles. The lowest BCUT2D eigenvalue weighted by Crippen LogP contribution is -2.54. The van der Waals surface area contributed by atoms with Crippen molar-refractivity contribution < 1.29 is 9.21 Å². The lowest BCUT2D eigenvalue weighted by Gasteiger charge is -2.34. The number of aromatic nitrogens is 1. The molecule has 3 fully saturated rings. The van der Waals surface area contributed by atoms with Gasteiger partial charge >= 0.3 is 0 Å². The number of fused-ring (bicyclic) bond motifs is 2. The number of piperazine rings is 1. The first kappa shape index (κ1) is 10.6. The van der Waals surface area contributed by atoms with Crippen molar-refractivity contribution in [3.8, 4) is 0 Å². The third-order valence-corrected chi connectivity index (χ3v) is 4.28. The Kier molecular flexibility index (Phi) is 2.24. The summed E-state index contributed by atoms with van der Waals surface area (Å²) >= 11 is 0. The minimum atomic E-state index is 0.0552. The quantitative estimate of drug-likeness (QED) is 0.851. The summed E-state index contributed by atoms with van der Waals surface area (Å²) in [5, 5.41) is 3.38. The molecule has 1 aromatic heterocycles. The smallest absolute Gasteiger partial charge is 0.276 e. The summed E-state index contributed by atoms with van der Waals surface area (Å²) in [4.78, 5) is 18.9. The Bertz CT molecular complexity index is 464. The van der Waals surface area contributed by atoms with Crippen molar-refractivity contribution >= 4 is 5.91 Å². The Labute approximate surface area is 106 Å². The number of oxazole rings is 1. The molecule has 18 heavy (non-hydrogen) atoms. The normalized spacial score (nSPS) is 30.8. The lowest BCUT2D eigenvalue weighted by atomic mass is 10.2. The van der Waals surface area contributed by atoms with E-state index >= 15 is 0 Å². The van der Waals surface area contributed by atoms with Crippen molar-refractivity contribution in [1.29, 1.82) is 0 Å². The molecule has 2 atom stereocenters. The number of carbonyl (C=O) groups excluding carboxylic acids is 1. The van der Waals surface area contributed by atoms with Gasteiger partial charge in [0, 0.05) is 31.1 Å². The second-order valence-corrected chi connectivity index (χ2v) is 5.60. The predicted molar refractivity (Wildman–Crippen MR) is 64.3 cm³/mol. The molecule has 1 aliphatic carbocycles. The molecule has 1 aromatic rings. The monoisotopic (exact) mass is 247 g/mol. The van der Waals surface area contributed by atoms with Crippen LogP contribution < -0.4 is 5.32 Å². The van der Waals surface area contributed by atoms with E-state index in [1.165, 1.54) is 6.26 Å². The Hall–Kier alpha value is -1.36. The summed E-state index contributed by atoms with van der Waals surface area (Å²) in [5.74, 6) is 1.27. The molecular weight excluding hydrogens is 230 g/mol. The van der Waals surface area contributed by atoms with Crippen LogP contribution in [0.4, 0.5) is 0 Å². The van der Waals surface area contributed by atoms with Crippen molar-refractivity contribution in [3.05, 3.63) is 17.8 Å². The molecule has 1 saturated carbocycles. The Morgan fingerprint density at radius 2 is 2.00 bits per heavy atom. The van der Waals surface area contributed by atoms with Crippen molar-refractivity contribution in [2.45, 2.75) is 43.7 Å². The molecule has 2 saturated heterocycles. The number of amides is 1. The summed E-state index contributed by atoms with van der Waals surface area (Å²) in [7, 11) is 0. The highest BCUT2D eigenvalue weighted by atomic mass is 16.3. The molecule has 5 nitrogen and oxygen atoms in total. The van der Waals surface area contributed by atoms with Crippen LogP contribution in [0.3, 0.4) is 0 Å². The van der Waals surface area contributed by atoms with Gasteiger partial charge in [-0.3, -0.25) is 4.79 Å². The van der Waals surface area contributed by atoms with E-state index in [4.69, 9.17) is 4.42 Å². The van der Waals surface area contributed by atoms with E-state index in [1.807, 2.05) is 4.90 Å². The van der Waals surface area contributed by atoms with Gasteiger partial charge in [-0.2, -0.15) is 0 Å². The molecule has 2 unspecified atom stereocenters. The number of nitrogens with one attached hydrogen (secondary N) is 1. The van der Waals surface area contributed by atoms with Gasteiger partial charge in [0.2, 0.25) is 0 Å². The van der Waals surface area contributed by atoms with E-state index in [2.05, 4.69) is 10.3 Å². The molecule has 4 rings (SSSR count). The van der Waals surface area contributed by atoms with E-state index in [-0.39, 0.29) is 5.91 Å². The first-order valence-electron chi connectivity index (χ1n) is 6.82. The molecular formula is C13H17N3O2. The van der Waals surface area contributed by atoms with Crippen LogP contribution in [0.25, 0.3) is 0 Å². The molecule has 5 heteroatoms. The third kappa shape index (κ3) is 1.57. The molecule has 96 valence electrons. The summed E-state index contributed by atoms with van der Waals surface area (Å²) in [6, 6.07) is 0.689. The van der Waals surface area contributed by atoms with Crippen molar-refractivity contribution in [2.24, 2.45) is 0 Å². The topological polar surface area (TPSA) is 58.4 Å². The van der Waals surface area contributed by atoms with Crippen LogP contribution in [0.5, 0.6) is 0 Å². The predicted octanol–water partition coefficient (Wildman–Crippen LogP) is 1.13. The molecule has 0 spiro atoms. The number of hydrogen-bond donors (Lipinski definition) is 1. The fourth-order valence-electron chi connectivity index (χ4n) is 3.15. The first-order valence-corrected chi connectivity index (χ1v) is 6.82. The van der Waals surface area contributed by atoms with E-state index in [0.29, 0.717) is 23.7 Å². The highest BCUT2D eigenvalue weighted by Crippen LogP contribution is 2.39. The largest absolute Gasteiger partial charge is 0.448 e. The zero-order valence-electron chi connectivity index (χ0n) is 10.3. The Balaban J connectivity index is 1.57. The lowest BCUT2D eigenvalue weighted by molar-refractivity contribution is 0.0613. The molecule has 2 aliphatic heterocycles. The van der Waals surface area contributed by atoms with Gasteiger partial charge in [0.15, 0.2) is 11.6 Å². The van der Waals surface area contributed by atoms with E-state index in [9.17, 15) is 4.79 Å². The summed E-state index contributed by atoms with van der Waals surface area (Å²) in [6.07, 6.45) is 6.05. The van der Waals surface area contributed by atoms with Gasteiger partial charge in [-0.25, -0.2) is 4.98 Å². The van der Waals surface area contributed by atoms with Crippen LogP contribution in [-0.2, 0) is 0 Å². The number of nitrogens with zero attached hydrogens (tertiary/aromatic N) is 2. The van der Waals surface area contributed by atoms with Gasteiger partial charge in [-0.1, -0.05) is 0 Å². The van der Waals surface area contributed by atoms with Crippen LogP contribution in [0.2, 0.25) is 0 Å². The van der Waals surface area contributed by atoms with Gasteiger partial charge in [0.25, 0.3) is 5.91 Å². The van der Waals surface area contributed by atoms with E-state index in [1.54, 1.807) is 0 Å². The minimum Gasteiger partial charge on any atom is -0.448 e. The van der Waals surface area contributed by atoms with Crippen molar-refractivity contribution in [3.63, 3.8) is 0 Å².